The molecule has 0 saturated carbocycles. The summed E-state index contributed by atoms with van der Waals surface area (Å²) in [5.74, 6) is -0.991. The van der Waals surface area contributed by atoms with Crippen LogP contribution in [0.4, 0.5) is 13.2 Å². The first-order valence-electron chi connectivity index (χ1n) is 5.91. The summed E-state index contributed by atoms with van der Waals surface area (Å²) in [6, 6.07) is 0. The van der Waals surface area contributed by atoms with Gasteiger partial charge in [-0.05, 0) is 12.8 Å². The van der Waals surface area contributed by atoms with Crippen molar-refractivity contribution in [3.05, 3.63) is 0 Å². The Morgan fingerprint density at radius 3 is 2.29 bits per heavy atom. The number of carbonyl (C=O) groups excluding carboxylic acids is 1. The monoisotopic (exact) mass is 254 g/mol. The maximum Gasteiger partial charge on any atom is 0.406 e. The van der Waals surface area contributed by atoms with E-state index in [1.54, 1.807) is 6.92 Å². The van der Waals surface area contributed by atoms with Crippen molar-refractivity contribution in [1.82, 2.24) is 4.90 Å². The average Bonchev–Trinajstić information content (AvgIpc) is 2.24. The Balaban J connectivity index is 4.60. The predicted molar refractivity (Wildman–Crippen MR) is 60.4 cm³/mol. The van der Waals surface area contributed by atoms with Crippen LogP contribution < -0.4 is 5.73 Å². The topological polar surface area (TPSA) is 46.3 Å². The lowest BCUT2D eigenvalue weighted by molar-refractivity contribution is -0.163. The van der Waals surface area contributed by atoms with E-state index in [1.165, 1.54) is 0 Å². The first kappa shape index (κ1) is 16.2. The second-order valence-corrected chi connectivity index (χ2v) is 4.07. The molecule has 0 aromatic carbocycles. The van der Waals surface area contributed by atoms with Gasteiger partial charge in [0, 0.05) is 13.1 Å². The number of nitrogens with two attached hydrogens (primary N) is 1. The molecule has 0 aromatic rings. The Labute approximate surface area is 100 Å². The summed E-state index contributed by atoms with van der Waals surface area (Å²) in [5.41, 5.74) is 5.39. The van der Waals surface area contributed by atoms with E-state index in [1.807, 2.05) is 6.92 Å². The third kappa shape index (κ3) is 6.51. The van der Waals surface area contributed by atoms with Crippen molar-refractivity contribution in [3.63, 3.8) is 0 Å². The largest absolute Gasteiger partial charge is 0.406 e. The van der Waals surface area contributed by atoms with Gasteiger partial charge in [-0.15, -0.1) is 0 Å². The van der Waals surface area contributed by atoms with Crippen LogP contribution in [0.1, 0.15) is 33.1 Å². The van der Waals surface area contributed by atoms with E-state index in [2.05, 4.69) is 0 Å². The van der Waals surface area contributed by atoms with Crippen molar-refractivity contribution < 1.29 is 18.0 Å². The van der Waals surface area contributed by atoms with Crippen molar-refractivity contribution in [2.45, 2.75) is 39.3 Å². The Kier molecular flexibility index (Phi) is 7.18. The van der Waals surface area contributed by atoms with Crippen LogP contribution >= 0.6 is 0 Å². The Hall–Kier alpha value is -0.780. The second kappa shape index (κ2) is 7.53. The Bertz CT molecular complexity index is 227. The SMILES string of the molecule is CCCCN(CC(F)(F)F)C(=O)C(CC)CN. The first-order valence-corrected chi connectivity index (χ1v) is 5.91. The fourth-order valence-corrected chi connectivity index (χ4v) is 1.53. The zero-order valence-electron chi connectivity index (χ0n) is 10.4. The fraction of sp³-hybridized carbons (Fsp3) is 0.909. The van der Waals surface area contributed by atoms with Gasteiger partial charge in [0.2, 0.25) is 5.91 Å². The van der Waals surface area contributed by atoms with E-state index in [0.717, 1.165) is 11.3 Å². The van der Waals surface area contributed by atoms with Crippen molar-refractivity contribution >= 4 is 5.91 Å². The lowest BCUT2D eigenvalue weighted by Crippen LogP contribution is -2.44. The van der Waals surface area contributed by atoms with Gasteiger partial charge in [0.05, 0.1) is 5.92 Å². The number of rotatable bonds is 7. The van der Waals surface area contributed by atoms with E-state index in [4.69, 9.17) is 5.73 Å². The maximum atomic E-state index is 12.3. The second-order valence-electron chi connectivity index (χ2n) is 4.07. The molecule has 0 heterocycles. The fourth-order valence-electron chi connectivity index (χ4n) is 1.53. The minimum Gasteiger partial charge on any atom is -0.333 e. The van der Waals surface area contributed by atoms with Gasteiger partial charge in [0.15, 0.2) is 0 Å². The third-order valence-corrected chi connectivity index (χ3v) is 2.59. The van der Waals surface area contributed by atoms with Gasteiger partial charge in [-0.1, -0.05) is 20.3 Å². The highest BCUT2D eigenvalue weighted by molar-refractivity contribution is 5.79. The van der Waals surface area contributed by atoms with Gasteiger partial charge in [-0.2, -0.15) is 13.2 Å². The molecule has 0 aliphatic heterocycles. The number of hydrogen-bond acceptors (Lipinski definition) is 2. The normalized spacial score (nSPS) is 13.5. The van der Waals surface area contributed by atoms with Crippen LogP contribution in [0.2, 0.25) is 0 Å². The minimum atomic E-state index is -4.35. The molecule has 0 aromatic heterocycles. The molecular formula is C11H21F3N2O. The zero-order chi connectivity index (χ0) is 13.5. The van der Waals surface area contributed by atoms with Crippen LogP contribution in [0.15, 0.2) is 0 Å². The highest BCUT2D eigenvalue weighted by atomic mass is 19.4. The summed E-state index contributed by atoms with van der Waals surface area (Å²) in [5, 5.41) is 0. The van der Waals surface area contributed by atoms with Gasteiger partial charge in [-0.3, -0.25) is 4.79 Å². The molecule has 0 aliphatic carbocycles. The molecule has 102 valence electrons. The van der Waals surface area contributed by atoms with E-state index < -0.39 is 24.5 Å². The molecule has 17 heavy (non-hydrogen) atoms. The maximum absolute atomic E-state index is 12.3. The minimum absolute atomic E-state index is 0.0931. The quantitative estimate of drug-likeness (QED) is 0.756. The zero-order valence-corrected chi connectivity index (χ0v) is 10.4. The lowest BCUT2D eigenvalue weighted by Gasteiger charge is -2.27. The van der Waals surface area contributed by atoms with Crippen molar-refractivity contribution in [2.24, 2.45) is 11.7 Å². The third-order valence-electron chi connectivity index (χ3n) is 2.59. The molecule has 0 spiro atoms. The smallest absolute Gasteiger partial charge is 0.333 e. The average molecular weight is 254 g/mol. The van der Waals surface area contributed by atoms with Crippen LogP contribution in [-0.2, 0) is 4.79 Å². The van der Waals surface area contributed by atoms with Gasteiger partial charge >= 0.3 is 6.18 Å². The van der Waals surface area contributed by atoms with Crippen LogP contribution in [0, 0.1) is 5.92 Å². The Morgan fingerprint density at radius 1 is 1.35 bits per heavy atom. The molecule has 6 heteroatoms. The van der Waals surface area contributed by atoms with E-state index >= 15 is 0 Å². The first-order chi connectivity index (χ1) is 7.85. The molecule has 1 unspecified atom stereocenters. The Morgan fingerprint density at radius 2 is 1.94 bits per heavy atom. The van der Waals surface area contributed by atoms with Crippen LogP contribution in [0.5, 0.6) is 0 Å². The number of alkyl halides is 3. The molecule has 0 radical (unpaired) electrons. The van der Waals surface area contributed by atoms with Crippen molar-refractivity contribution in [1.29, 1.82) is 0 Å². The van der Waals surface area contributed by atoms with Crippen LogP contribution in [0.25, 0.3) is 0 Å². The van der Waals surface area contributed by atoms with Crippen LogP contribution in [-0.4, -0.2) is 36.6 Å². The molecule has 0 bridgehead atoms. The van der Waals surface area contributed by atoms with Gasteiger partial charge < -0.3 is 10.6 Å². The van der Waals surface area contributed by atoms with Crippen molar-refractivity contribution in [2.75, 3.05) is 19.6 Å². The number of hydrogen-bond donors (Lipinski definition) is 1. The molecule has 0 fully saturated rings. The highest BCUT2D eigenvalue weighted by Crippen LogP contribution is 2.19. The summed E-state index contributed by atoms with van der Waals surface area (Å²) >= 11 is 0. The molecule has 0 rings (SSSR count). The van der Waals surface area contributed by atoms with Crippen molar-refractivity contribution in [3.8, 4) is 0 Å². The van der Waals surface area contributed by atoms with E-state index in [9.17, 15) is 18.0 Å². The van der Waals surface area contributed by atoms with E-state index in [0.29, 0.717) is 12.8 Å². The number of halogens is 3. The number of carbonyl (C=O) groups is 1. The molecular weight excluding hydrogens is 233 g/mol. The lowest BCUT2D eigenvalue weighted by atomic mass is 10.1. The van der Waals surface area contributed by atoms with Crippen LogP contribution in [0.3, 0.4) is 0 Å². The van der Waals surface area contributed by atoms with E-state index in [-0.39, 0.29) is 13.1 Å². The molecule has 3 nitrogen and oxygen atoms in total. The molecule has 0 aliphatic rings. The summed E-state index contributed by atoms with van der Waals surface area (Å²) in [7, 11) is 0. The summed E-state index contributed by atoms with van der Waals surface area (Å²) < 4.78 is 37.0. The highest BCUT2D eigenvalue weighted by Gasteiger charge is 2.34. The molecule has 0 saturated heterocycles. The molecule has 1 atom stereocenters. The van der Waals surface area contributed by atoms with Gasteiger partial charge in [0.25, 0.3) is 0 Å². The summed E-state index contributed by atoms with van der Waals surface area (Å²) in [6.45, 7) is 2.68. The van der Waals surface area contributed by atoms with Gasteiger partial charge in [-0.25, -0.2) is 0 Å². The predicted octanol–water partition coefficient (Wildman–Crippen LogP) is 2.16. The summed E-state index contributed by atoms with van der Waals surface area (Å²) in [6.07, 6.45) is -2.56. The number of unbranched alkanes of at least 4 members (excludes halogenated alkanes) is 1. The molecule has 1 amide bonds. The standard InChI is InChI=1S/C11H21F3N2O/c1-3-5-6-16(8-11(12,13)14)10(17)9(4-2)7-15/h9H,3-8,15H2,1-2H3. The molecule has 2 N–H and O–H groups in total. The van der Waals surface area contributed by atoms with Gasteiger partial charge in [0.1, 0.15) is 6.54 Å². The number of nitrogens with zero attached hydrogens (tertiary/aromatic N) is 1. The number of amides is 1. The summed E-state index contributed by atoms with van der Waals surface area (Å²) in [4.78, 5) is 12.7.